The van der Waals surface area contributed by atoms with Crippen LogP contribution in [0.1, 0.15) is 0 Å². The summed E-state index contributed by atoms with van der Waals surface area (Å²) in [5.41, 5.74) is -0.113. The summed E-state index contributed by atoms with van der Waals surface area (Å²) >= 11 is 10.7. The van der Waals surface area contributed by atoms with Crippen LogP contribution in [0, 0.1) is 5.82 Å². The number of rotatable bonds is 2. The van der Waals surface area contributed by atoms with Gasteiger partial charge in [-0.2, -0.15) is 0 Å². The number of halogens is 3. The van der Waals surface area contributed by atoms with Crippen molar-refractivity contribution in [2.24, 2.45) is 0 Å². The van der Waals surface area contributed by atoms with Gasteiger partial charge in [-0.3, -0.25) is 4.79 Å². The first-order chi connectivity index (χ1) is 6.54. The number of phenolic OH excluding ortho intramolecular Hbond substituents is 1. The Bertz CT molecular complexity index is 371. The van der Waals surface area contributed by atoms with Gasteiger partial charge in [0.25, 0.3) is 0 Å². The molecule has 2 N–H and O–H groups in total. The predicted octanol–water partition coefficient (Wildman–Crippen LogP) is 2.36. The number of amides is 1. The summed E-state index contributed by atoms with van der Waals surface area (Å²) in [7, 11) is 0. The molecule has 0 radical (unpaired) electrons. The molecule has 0 aromatic heterocycles. The molecule has 0 heterocycles. The highest BCUT2D eigenvalue weighted by Crippen LogP contribution is 2.28. The minimum atomic E-state index is -0.773. The van der Waals surface area contributed by atoms with Crippen molar-refractivity contribution in [3.8, 4) is 5.75 Å². The minimum absolute atomic E-state index is 0.0451. The van der Waals surface area contributed by atoms with Crippen molar-refractivity contribution in [3.05, 3.63) is 23.0 Å². The van der Waals surface area contributed by atoms with Crippen LogP contribution in [0.4, 0.5) is 10.1 Å². The first kappa shape index (κ1) is 11.1. The molecule has 0 aliphatic carbocycles. The van der Waals surface area contributed by atoms with E-state index in [9.17, 15) is 9.18 Å². The van der Waals surface area contributed by atoms with Crippen molar-refractivity contribution in [1.82, 2.24) is 0 Å². The zero-order chi connectivity index (χ0) is 10.7. The topological polar surface area (TPSA) is 49.3 Å². The van der Waals surface area contributed by atoms with Gasteiger partial charge in [0.2, 0.25) is 5.91 Å². The molecule has 0 spiro atoms. The van der Waals surface area contributed by atoms with Crippen LogP contribution < -0.4 is 5.32 Å². The van der Waals surface area contributed by atoms with E-state index >= 15 is 0 Å². The SMILES string of the molecule is O=C(CCl)Nc1cc(Cl)c(O)cc1F. The highest BCUT2D eigenvalue weighted by atomic mass is 35.5. The van der Waals surface area contributed by atoms with Crippen LogP contribution in [-0.2, 0) is 4.79 Å². The predicted molar refractivity (Wildman–Crippen MR) is 52.4 cm³/mol. The van der Waals surface area contributed by atoms with Crippen LogP contribution in [0.25, 0.3) is 0 Å². The lowest BCUT2D eigenvalue weighted by molar-refractivity contribution is -0.113. The van der Waals surface area contributed by atoms with Gasteiger partial charge in [0.15, 0.2) is 0 Å². The maximum Gasteiger partial charge on any atom is 0.239 e. The lowest BCUT2D eigenvalue weighted by Gasteiger charge is -2.05. The van der Waals surface area contributed by atoms with E-state index in [2.05, 4.69) is 5.32 Å². The number of carbonyl (C=O) groups is 1. The second-order valence-corrected chi connectivity index (χ2v) is 3.14. The third kappa shape index (κ3) is 2.49. The maximum absolute atomic E-state index is 13.1. The number of hydrogen-bond acceptors (Lipinski definition) is 2. The van der Waals surface area contributed by atoms with E-state index in [-0.39, 0.29) is 22.3 Å². The van der Waals surface area contributed by atoms with Gasteiger partial charge in [0.05, 0.1) is 10.7 Å². The lowest BCUT2D eigenvalue weighted by atomic mass is 10.3. The number of nitrogens with one attached hydrogen (secondary N) is 1. The number of benzene rings is 1. The molecule has 0 unspecified atom stereocenters. The number of phenols is 1. The third-order valence-corrected chi connectivity index (χ3v) is 1.98. The van der Waals surface area contributed by atoms with Gasteiger partial charge in [-0.05, 0) is 6.07 Å². The Morgan fingerprint density at radius 3 is 2.79 bits per heavy atom. The van der Waals surface area contributed by atoms with Gasteiger partial charge in [-0.1, -0.05) is 11.6 Å². The Kier molecular flexibility index (Phi) is 3.55. The van der Waals surface area contributed by atoms with E-state index in [1.54, 1.807) is 0 Å². The number of alkyl halides is 1. The second kappa shape index (κ2) is 4.48. The lowest BCUT2D eigenvalue weighted by Crippen LogP contribution is -2.13. The quantitative estimate of drug-likeness (QED) is 0.613. The number of aromatic hydroxyl groups is 1. The first-order valence-corrected chi connectivity index (χ1v) is 4.49. The highest BCUT2D eigenvalue weighted by Gasteiger charge is 2.09. The van der Waals surface area contributed by atoms with Gasteiger partial charge >= 0.3 is 0 Å². The summed E-state index contributed by atoms with van der Waals surface area (Å²) in [6.45, 7) is 0. The van der Waals surface area contributed by atoms with E-state index in [0.29, 0.717) is 0 Å². The fraction of sp³-hybridized carbons (Fsp3) is 0.125. The van der Waals surface area contributed by atoms with E-state index < -0.39 is 11.7 Å². The zero-order valence-electron chi connectivity index (χ0n) is 6.85. The fourth-order valence-corrected chi connectivity index (χ4v) is 1.05. The second-order valence-electron chi connectivity index (χ2n) is 2.47. The normalized spacial score (nSPS) is 9.93. The summed E-state index contributed by atoms with van der Waals surface area (Å²) in [5, 5.41) is 11.1. The van der Waals surface area contributed by atoms with Crippen LogP contribution in [0.2, 0.25) is 5.02 Å². The largest absolute Gasteiger partial charge is 0.506 e. The Morgan fingerprint density at radius 2 is 2.21 bits per heavy atom. The number of hydrogen-bond donors (Lipinski definition) is 2. The van der Waals surface area contributed by atoms with Gasteiger partial charge in [-0.25, -0.2) is 4.39 Å². The molecule has 1 rings (SSSR count). The van der Waals surface area contributed by atoms with Crippen LogP contribution >= 0.6 is 23.2 Å². The van der Waals surface area contributed by atoms with Crippen molar-refractivity contribution in [2.75, 3.05) is 11.2 Å². The average Bonchev–Trinajstić information content (AvgIpc) is 2.14. The summed E-state index contributed by atoms with van der Waals surface area (Å²) in [6.07, 6.45) is 0. The fourth-order valence-electron chi connectivity index (χ4n) is 0.816. The summed E-state index contributed by atoms with van der Waals surface area (Å²) in [5.74, 6) is -1.98. The molecule has 76 valence electrons. The molecule has 1 aromatic carbocycles. The molecule has 0 bridgehead atoms. The van der Waals surface area contributed by atoms with E-state index in [4.69, 9.17) is 28.3 Å². The molecule has 1 aromatic rings. The number of carbonyl (C=O) groups excluding carboxylic acids is 1. The van der Waals surface area contributed by atoms with E-state index in [0.717, 1.165) is 12.1 Å². The van der Waals surface area contributed by atoms with Gasteiger partial charge in [0, 0.05) is 6.07 Å². The molecule has 1 amide bonds. The van der Waals surface area contributed by atoms with E-state index in [1.807, 2.05) is 0 Å². The molecule has 6 heteroatoms. The van der Waals surface area contributed by atoms with Crippen molar-refractivity contribution in [3.63, 3.8) is 0 Å². The molecule has 0 fully saturated rings. The minimum Gasteiger partial charge on any atom is -0.506 e. The van der Waals surface area contributed by atoms with Crippen LogP contribution in [0.3, 0.4) is 0 Å². The highest BCUT2D eigenvalue weighted by molar-refractivity contribution is 6.32. The molecule has 0 atom stereocenters. The van der Waals surface area contributed by atoms with Crippen molar-refractivity contribution >= 4 is 34.8 Å². The molecule has 3 nitrogen and oxygen atoms in total. The summed E-state index contributed by atoms with van der Waals surface area (Å²) in [6, 6.07) is 1.92. The summed E-state index contributed by atoms with van der Waals surface area (Å²) in [4.78, 5) is 10.8. The van der Waals surface area contributed by atoms with Gasteiger partial charge in [-0.15, -0.1) is 11.6 Å². The van der Waals surface area contributed by atoms with Crippen molar-refractivity contribution in [1.29, 1.82) is 0 Å². The van der Waals surface area contributed by atoms with Crippen LogP contribution in [0.5, 0.6) is 5.75 Å². The molecule has 0 saturated heterocycles. The molecule has 0 saturated carbocycles. The number of anilines is 1. The Hall–Kier alpha value is -1.00. The van der Waals surface area contributed by atoms with Gasteiger partial charge in [0.1, 0.15) is 17.4 Å². The van der Waals surface area contributed by atoms with Crippen molar-refractivity contribution < 1.29 is 14.3 Å². The van der Waals surface area contributed by atoms with Crippen LogP contribution in [-0.4, -0.2) is 16.9 Å². The van der Waals surface area contributed by atoms with Gasteiger partial charge < -0.3 is 10.4 Å². The smallest absolute Gasteiger partial charge is 0.239 e. The molecule has 0 aliphatic heterocycles. The molecule has 14 heavy (non-hydrogen) atoms. The standard InChI is InChI=1S/C8H6Cl2FNO2/c9-3-8(14)12-6-1-4(10)7(13)2-5(6)11/h1-2,13H,3H2,(H,12,14). The Balaban J connectivity index is 2.98. The zero-order valence-corrected chi connectivity index (χ0v) is 8.36. The van der Waals surface area contributed by atoms with Crippen LogP contribution in [0.15, 0.2) is 12.1 Å². The third-order valence-electron chi connectivity index (χ3n) is 1.43. The van der Waals surface area contributed by atoms with E-state index in [1.165, 1.54) is 0 Å². The monoisotopic (exact) mass is 237 g/mol. The Morgan fingerprint density at radius 1 is 1.57 bits per heavy atom. The maximum atomic E-state index is 13.1. The molecular formula is C8H6Cl2FNO2. The summed E-state index contributed by atoms with van der Waals surface area (Å²) < 4.78 is 13.1. The molecule has 0 aliphatic rings. The molecular weight excluding hydrogens is 232 g/mol. The average molecular weight is 238 g/mol. The van der Waals surface area contributed by atoms with Crippen molar-refractivity contribution in [2.45, 2.75) is 0 Å². The Labute approximate surface area is 89.4 Å². The first-order valence-electron chi connectivity index (χ1n) is 3.58.